The molecule has 5 nitrogen and oxygen atoms in total. The van der Waals surface area contributed by atoms with E-state index in [4.69, 9.17) is 5.84 Å². The number of hydrazine groups is 1. The third-order valence-electron chi connectivity index (χ3n) is 3.16. The standard InChI is InChI=1S/C14H15N5/c1-10-6-11(8-16-7-10)14(18-15)12-9-17-19-5-3-2-4-13(12)19/h2-9,14,18H,15H2,1H3. The number of aromatic nitrogens is 3. The Balaban J connectivity index is 2.12. The van der Waals surface area contributed by atoms with Crippen LogP contribution in [-0.4, -0.2) is 14.6 Å². The Morgan fingerprint density at radius 1 is 1.26 bits per heavy atom. The molecule has 0 aromatic carbocycles. The van der Waals surface area contributed by atoms with E-state index in [1.807, 2.05) is 54.4 Å². The van der Waals surface area contributed by atoms with Crippen molar-refractivity contribution in [2.45, 2.75) is 13.0 Å². The van der Waals surface area contributed by atoms with E-state index in [0.717, 1.165) is 22.2 Å². The molecule has 0 aliphatic rings. The summed E-state index contributed by atoms with van der Waals surface area (Å²) in [6, 6.07) is 7.91. The van der Waals surface area contributed by atoms with Crippen LogP contribution < -0.4 is 11.3 Å². The number of nitrogens with two attached hydrogens (primary N) is 1. The number of hydrogen-bond acceptors (Lipinski definition) is 4. The molecule has 0 aliphatic carbocycles. The zero-order valence-electron chi connectivity index (χ0n) is 10.6. The maximum absolute atomic E-state index is 5.72. The summed E-state index contributed by atoms with van der Waals surface area (Å²) in [5, 5.41) is 4.34. The van der Waals surface area contributed by atoms with Crippen molar-refractivity contribution in [1.82, 2.24) is 20.0 Å². The van der Waals surface area contributed by atoms with Crippen molar-refractivity contribution in [3.63, 3.8) is 0 Å². The van der Waals surface area contributed by atoms with Gasteiger partial charge in [0.15, 0.2) is 0 Å². The van der Waals surface area contributed by atoms with Crippen molar-refractivity contribution in [1.29, 1.82) is 0 Å². The Kier molecular flexibility index (Phi) is 2.98. The smallest absolute Gasteiger partial charge is 0.0762 e. The SMILES string of the molecule is Cc1cncc(C(NN)c2cnn3ccccc23)c1. The number of fused-ring (bicyclic) bond motifs is 1. The molecule has 0 saturated carbocycles. The lowest BCUT2D eigenvalue weighted by Crippen LogP contribution is -2.28. The van der Waals surface area contributed by atoms with Gasteiger partial charge in [-0.1, -0.05) is 12.1 Å². The van der Waals surface area contributed by atoms with Gasteiger partial charge < -0.3 is 0 Å². The summed E-state index contributed by atoms with van der Waals surface area (Å²) in [7, 11) is 0. The van der Waals surface area contributed by atoms with Crippen molar-refractivity contribution in [2.24, 2.45) is 5.84 Å². The summed E-state index contributed by atoms with van der Waals surface area (Å²) in [4.78, 5) is 4.22. The molecule has 5 heteroatoms. The van der Waals surface area contributed by atoms with E-state index in [2.05, 4.69) is 21.6 Å². The van der Waals surface area contributed by atoms with E-state index in [-0.39, 0.29) is 6.04 Å². The third kappa shape index (κ3) is 2.09. The van der Waals surface area contributed by atoms with E-state index >= 15 is 0 Å². The lowest BCUT2D eigenvalue weighted by molar-refractivity contribution is 0.638. The Labute approximate surface area is 111 Å². The number of rotatable bonds is 3. The van der Waals surface area contributed by atoms with E-state index < -0.39 is 0 Å². The highest BCUT2D eigenvalue weighted by molar-refractivity contribution is 5.56. The van der Waals surface area contributed by atoms with Crippen molar-refractivity contribution in [3.8, 4) is 0 Å². The normalized spacial score (nSPS) is 12.7. The first-order valence-electron chi connectivity index (χ1n) is 6.09. The second-order valence-corrected chi connectivity index (χ2v) is 4.53. The van der Waals surface area contributed by atoms with Crippen LogP contribution in [-0.2, 0) is 0 Å². The second kappa shape index (κ2) is 4.79. The Morgan fingerprint density at radius 3 is 2.95 bits per heavy atom. The highest BCUT2D eigenvalue weighted by Gasteiger charge is 2.17. The highest BCUT2D eigenvalue weighted by atomic mass is 15.3. The Morgan fingerprint density at radius 2 is 2.16 bits per heavy atom. The van der Waals surface area contributed by atoms with E-state index in [1.54, 1.807) is 0 Å². The number of nitrogens with zero attached hydrogens (tertiary/aromatic N) is 3. The molecule has 0 radical (unpaired) electrons. The molecular formula is C14H15N5. The lowest BCUT2D eigenvalue weighted by atomic mass is 10.0. The first-order chi connectivity index (χ1) is 9.29. The summed E-state index contributed by atoms with van der Waals surface area (Å²) >= 11 is 0. The first-order valence-corrected chi connectivity index (χ1v) is 6.09. The largest absolute Gasteiger partial charge is 0.271 e. The van der Waals surface area contributed by atoms with Crippen molar-refractivity contribution in [3.05, 3.63) is 65.7 Å². The summed E-state index contributed by atoms with van der Waals surface area (Å²) in [6.07, 6.45) is 7.40. The maximum atomic E-state index is 5.72. The van der Waals surface area contributed by atoms with Crippen LogP contribution in [0.15, 0.2) is 49.1 Å². The molecule has 3 heterocycles. The van der Waals surface area contributed by atoms with Gasteiger partial charge in [0.1, 0.15) is 0 Å². The van der Waals surface area contributed by atoms with Crippen molar-refractivity contribution >= 4 is 5.52 Å². The van der Waals surface area contributed by atoms with Gasteiger partial charge in [-0.05, 0) is 30.2 Å². The Bertz CT molecular complexity index is 704. The number of nitrogens with one attached hydrogen (secondary N) is 1. The predicted molar refractivity (Wildman–Crippen MR) is 73.3 cm³/mol. The predicted octanol–water partition coefficient (Wildman–Crippen LogP) is 1.59. The minimum Gasteiger partial charge on any atom is -0.271 e. The summed E-state index contributed by atoms with van der Waals surface area (Å²) in [5.74, 6) is 5.72. The van der Waals surface area contributed by atoms with E-state index in [9.17, 15) is 0 Å². The second-order valence-electron chi connectivity index (χ2n) is 4.53. The van der Waals surface area contributed by atoms with Crippen LogP contribution in [0.4, 0.5) is 0 Å². The Hall–Kier alpha value is -2.24. The molecule has 3 N–H and O–H groups in total. The fourth-order valence-corrected chi connectivity index (χ4v) is 2.28. The molecule has 3 aromatic heterocycles. The minimum atomic E-state index is -0.118. The van der Waals surface area contributed by atoms with Gasteiger partial charge in [0.2, 0.25) is 0 Å². The van der Waals surface area contributed by atoms with Crippen LogP contribution in [0.2, 0.25) is 0 Å². The molecule has 0 spiro atoms. The maximum Gasteiger partial charge on any atom is 0.0762 e. The zero-order valence-corrected chi connectivity index (χ0v) is 10.6. The van der Waals surface area contributed by atoms with Gasteiger partial charge in [-0.15, -0.1) is 0 Å². The number of pyridine rings is 2. The average molecular weight is 253 g/mol. The molecule has 3 rings (SSSR count). The molecule has 1 atom stereocenters. The van der Waals surface area contributed by atoms with Crippen LogP contribution >= 0.6 is 0 Å². The van der Waals surface area contributed by atoms with Gasteiger partial charge in [-0.25, -0.2) is 9.94 Å². The quantitative estimate of drug-likeness (QED) is 0.549. The minimum absolute atomic E-state index is 0.118. The van der Waals surface area contributed by atoms with Gasteiger partial charge in [0.25, 0.3) is 0 Å². The van der Waals surface area contributed by atoms with Crippen LogP contribution in [0.25, 0.3) is 5.52 Å². The van der Waals surface area contributed by atoms with Gasteiger partial charge in [0.05, 0.1) is 17.8 Å². The molecule has 1 unspecified atom stereocenters. The molecule has 0 saturated heterocycles. The lowest BCUT2D eigenvalue weighted by Gasteiger charge is -2.15. The molecule has 0 bridgehead atoms. The van der Waals surface area contributed by atoms with Crippen LogP contribution in [0.3, 0.4) is 0 Å². The highest BCUT2D eigenvalue weighted by Crippen LogP contribution is 2.24. The number of aryl methyl sites for hydroxylation is 1. The molecule has 19 heavy (non-hydrogen) atoms. The van der Waals surface area contributed by atoms with Gasteiger partial charge in [-0.3, -0.25) is 10.8 Å². The molecule has 3 aromatic rings. The van der Waals surface area contributed by atoms with E-state index in [0.29, 0.717) is 0 Å². The number of hydrogen-bond donors (Lipinski definition) is 2. The molecule has 96 valence electrons. The van der Waals surface area contributed by atoms with Gasteiger partial charge in [-0.2, -0.15) is 5.10 Å². The van der Waals surface area contributed by atoms with Gasteiger partial charge >= 0.3 is 0 Å². The molecule has 0 fully saturated rings. The third-order valence-corrected chi connectivity index (χ3v) is 3.16. The van der Waals surface area contributed by atoms with Gasteiger partial charge in [0, 0.05) is 24.2 Å². The average Bonchev–Trinajstić information content (AvgIpc) is 2.84. The van der Waals surface area contributed by atoms with Crippen molar-refractivity contribution in [2.75, 3.05) is 0 Å². The summed E-state index contributed by atoms with van der Waals surface area (Å²) < 4.78 is 1.84. The van der Waals surface area contributed by atoms with Crippen LogP contribution in [0.1, 0.15) is 22.7 Å². The summed E-state index contributed by atoms with van der Waals surface area (Å²) in [5.41, 5.74) is 7.05. The topological polar surface area (TPSA) is 68.2 Å². The van der Waals surface area contributed by atoms with Crippen LogP contribution in [0, 0.1) is 6.92 Å². The first kappa shape index (κ1) is 11.8. The fourth-order valence-electron chi connectivity index (χ4n) is 2.28. The molecular weight excluding hydrogens is 238 g/mol. The monoisotopic (exact) mass is 253 g/mol. The zero-order chi connectivity index (χ0) is 13.2. The molecule has 0 aliphatic heterocycles. The molecule has 0 amide bonds. The van der Waals surface area contributed by atoms with Crippen molar-refractivity contribution < 1.29 is 0 Å². The van der Waals surface area contributed by atoms with Crippen LogP contribution in [0.5, 0.6) is 0 Å². The summed E-state index contributed by atoms with van der Waals surface area (Å²) in [6.45, 7) is 2.01. The fraction of sp³-hybridized carbons (Fsp3) is 0.143. The van der Waals surface area contributed by atoms with E-state index in [1.165, 1.54) is 0 Å².